The fourth-order valence-corrected chi connectivity index (χ4v) is 4.39. The molecule has 0 aromatic heterocycles. The molecule has 118 valence electrons. The maximum Gasteiger partial charge on any atom is 0.322 e. The molecule has 4 unspecified atom stereocenters. The van der Waals surface area contributed by atoms with Crippen molar-refractivity contribution in [3.63, 3.8) is 0 Å². The van der Waals surface area contributed by atoms with Gasteiger partial charge in [0, 0.05) is 13.1 Å². The number of aliphatic carboxylic acids is 1. The van der Waals surface area contributed by atoms with Gasteiger partial charge in [-0.25, -0.2) is 0 Å². The summed E-state index contributed by atoms with van der Waals surface area (Å²) in [7, 11) is -3.75. The summed E-state index contributed by atoms with van der Waals surface area (Å²) >= 11 is 0. The number of carboxylic acid groups (broad SMARTS) is 1. The predicted octanol–water partition coefficient (Wildman–Crippen LogP) is 1.30. The molecule has 0 radical (unpaired) electrons. The van der Waals surface area contributed by atoms with Gasteiger partial charge >= 0.3 is 5.97 Å². The highest BCUT2D eigenvalue weighted by molar-refractivity contribution is 7.87. The lowest BCUT2D eigenvalue weighted by molar-refractivity contribution is -0.140. The molecule has 1 saturated heterocycles. The van der Waals surface area contributed by atoms with Gasteiger partial charge in [0.25, 0.3) is 10.2 Å². The van der Waals surface area contributed by atoms with Crippen LogP contribution in [0.1, 0.15) is 40.5 Å². The molecule has 4 atom stereocenters. The lowest BCUT2D eigenvalue weighted by atomic mass is 9.94. The lowest BCUT2D eigenvalue weighted by Crippen LogP contribution is -2.53. The zero-order valence-electron chi connectivity index (χ0n) is 12.7. The zero-order valence-corrected chi connectivity index (χ0v) is 13.5. The van der Waals surface area contributed by atoms with Crippen molar-refractivity contribution >= 4 is 16.2 Å². The number of nitrogens with one attached hydrogen (secondary N) is 1. The third-order valence-electron chi connectivity index (χ3n) is 3.93. The highest BCUT2D eigenvalue weighted by atomic mass is 32.2. The Hall–Kier alpha value is -0.660. The van der Waals surface area contributed by atoms with E-state index in [1.807, 2.05) is 20.8 Å². The van der Waals surface area contributed by atoms with Gasteiger partial charge in [0.15, 0.2) is 0 Å². The van der Waals surface area contributed by atoms with E-state index in [2.05, 4.69) is 4.72 Å². The highest BCUT2D eigenvalue weighted by Gasteiger charge is 2.35. The Bertz CT molecular complexity index is 428. The molecular weight excluding hydrogens is 280 g/mol. The van der Waals surface area contributed by atoms with E-state index in [4.69, 9.17) is 0 Å². The first-order valence-electron chi connectivity index (χ1n) is 7.17. The molecule has 0 spiro atoms. The Kier molecular flexibility index (Phi) is 5.97. The summed E-state index contributed by atoms with van der Waals surface area (Å²) in [5.74, 6) is -0.785. The van der Waals surface area contributed by atoms with Gasteiger partial charge in [0.1, 0.15) is 6.04 Å². The molecule has 0 aromatic carbocycles. The minimum absolute atomic E-state index is 0.248. The van der Waals surface area contributed by atoms with Crippen molar-refractivity contribution in [3.8, 4) is 0 Å². The molecule has 0 aromatic rings. The van der Waals surface area contributed by atoms with E-state index < -0.39 is 22.2 Å². The molecule has 1 aliphatic heterocycles. The molecule has 1 aliphatic rings. The van der Waals surface area contributed by atoms with Gasteiger partial charge in [0.05, 0.1) is 0 Å². The Labute approximate surface area is 121 Å². The smallest absolute Gasteiger partial charge is 0.322 e. The van der Waals surface area contributed by atoms with Crippen LogP contribution in [0.15, 0.2) is 0 Å². The first kappa shape index (κ1) is 17.4. The number of hydrogen-bond acceptors (Lipinski definition) is 3. The summed E-state index contributed by atoms with van der Waals surface area (Å²) in [5.41, 5.74) is 0. The summed E-state index contributed by atoms with van der Waals surface area (Å²) in [6.45, 7) is 8.52. The normalized spacial score (nSPS) is 28.0. The van der Waals surface area contributed by atoms with Crippen LogP contribution in [0.25, 0.3) is 0 Å². The standard InChI is InChI=1S/C13H26N2O4S/c1-5-11(4)12(13(16)17)14-20(18,19)15-7-9(2)6-10(3)8-15/h9-12,14H,5-8H2,1-4H3,(H,16,17). The van der Waals surface area contributed by atoms with Crippen LogP contribution in [0.4, 0.5) is 0 Å². The summed E-state index contributed by atoms with van der Waals surface area (Å²) in [6, 6.07) is -1.07. The molecule has 2 N–H and O–H groups in total. The minimum atomic E-state index is -3.75. The van der Waals surface area contributed by atoms with Crippen molar-refractivity contribution in [2.75, 3.05) is 13.1 Å². The van der Waals surface area contributed by atoms with Crippen molar-refractivity contribution in [3.05, 3.63) is 0 Å². The Morgan fingerprint density at radius 3 is 2.25 bits per heavy atom. The van der Waals surface area contributed by atoms with Crippen LogP contribution in [0.2, 0.25) is 0 Å². The lowest BCUT2D eigenvalue weighted by Gasteiger charge is -2.35. The van der Waals surface area contributed by atoms with Crippen molar-refractivity contribution < 1.29 is 18.3 Å². The number of hydrogen-bond donors (Lipinski definition) is 2. The van der Waals surface area contributed by atoms with Gasteiger partial charge in [0.2, 0.25) is 0 Å². The number of carboxylic acids is 1. The van der Waals surface area contributed by atoms with E-state index in [-0.39, 0.29) is 5.92 Å². The Morgan fingerprint density at radius 2 is 1.85 bits per heavy atom. The molecule has 6 nitrogen and oxygen atoms in total. The summed E-state index contributed by atoms with van der Waals surface area (Å²) in [5, 5.41) is 9.19. The maximum absolute atomic E-state index is 12.4. The SMILES string of the molecule is CCC(C)C(NS(=O)(=O)N1CC(C)CC(C)C1)C(=O)O. The van der Waals surface area contributed by atoms with Gasteiger partial charge in [-0.1, -0.05) is 34.1 Å². The van der Waals surface area contributed by atoms with Crippen LogP contribution in [-0.4, -0.2) is 42.9 Å². The van der Waals surface area contributed by atoms with Crippen LogP contribution >= 0.6 is 0 Å². The van der Waals surface area contributed by atoms with Crippen LogP contribution in [0, 0.1) is 17.8 Å². The molecule has 7 heteroatoms. The van der Waals surface area contributed by atoms with Crippen molar-refractivity contribution in [1.82, 2.24) is 9.03 Å². The third kappa shape index (κ3) is 4.43. The first-order valence-corrected chi connectivity index (χ1v) is 8.61. The predicted molar refractivity (Wildman–Crippen MR) is 77.5 cm³/mol. The summed E-state index contributed by atoms with van der Waals surface area (Å²) in [6.07, 6.45) is 1.60. The number of carbonyl (C=O) groups is 1. The number of nitrogens with zero attached hydrogens (tertiary/aromatic N) is 1. The average molecular weight is 306 g/mol. The van der Waals surface area contributed by atoms with Crippen LogP contribution in [0.5, 0.6) is 0 Å². The van der Waals surface area contributed by atoms with Gasteiger partial charge in [-0.2, -0.15) is 17.4 Å². The fraction of sp³-hybridized carbons (Fsp3) is 0.923. The van der Waals surface area contributed by atoms with E-state index in [0.717, 1.165) is 6.42 Å². The first-order chi connectivity index (χ1) is 9.17. The second-order valence-electron chi connectivity index (χ2n) is 6.09. The third-order valence-corrected chi connectivity index (χ3v) is 5.46. The molecule has 1 rings (SSSR count). The molecule has 1 fully saturated rings. The van der Waals surface area contributed by atoms with Crippen LogP contribution < -0.4 is 4.72 Å². The molecular formula is C13H26N2O4S. The highest BCUT2D eigenvalue weighted by Crippen LogP contribution is 2.23. The van der Waals surface area contributed by atoms with E-state index in [1.54, 1.807) is 6.92 Å². The molecule has 20 heavy (non-hydrogen) atoms. The Balaban J connectivity index is 2.84. The molecule has 0 saturated carbocycles. The van der Waals surface area contributed by atoms with Crippen LogP contribution in [0.3, 0.4) is 0 Å². The van der Waals surface area contributed by atoms with Gasteiger partial charge in [-0.05, 0) is 24.2 Å². The number of rotatable bonds is 6. The van der Waals surface area contributed by atoms with E-state index >= 15 is 0 Å². The maximum atomic E-state index is 12.4. The van der Waals surface area contributed by atoms with Crippen molar-refractivity contribution in [1.29, 1.82) is 0 Å². The topological polar surface area (TPSA) is 86.7 Å². The van der Waals surface area contributed by atoms with Crippen molar-refractivity contribution in [2.45, 2.75) is 46.6 Å². The van der Waals surface area contributed by atoms with E-state index in [9.17, 15) is 18.3 Å². The van der Waals surface area contributed by atoms with E-state index in [0.29, 0.717) is 31.3 Å². The second kappa shape index (κ2) is 6.87. The zero-order chi connectivity index (χ0) is 15.5. The largest absolute Gasteiger partial charge is 0.480 e. The van der Waals surface area contributed by atoms with Gasteiger partial charge in [-0.15, -0.1) is 0 Å². The molecule has 0 aliphatic carbocycles. The van der Waals surface area contributed by atoms with Gasteiger partial charge < -0.3 is 5.11 Å². The monoisotopic (exact) mass is 306 g/mol. The average Bonchev–Trinajstić information content (AvgIpc) is 2.33. The molecule has 0 bridgehead atoms. The fourth-order valence-electron chi connectivity index (χ4n) is 2.68. The summed E-state index contributed by atoms with van der Waals surface area (Å²) < 4.78 is 28.5. The summed E-state index contributed by atoms with van der Waals surface area (Å²) in [4.78, 5) is 11.2. The van der Waals surface area contributed by atoms with Gasteiger partial charge in [-0.3, -0.25) is 4.79 Å². The molecule has 1 heterocycles. The number of piperidine rings is 1. The second-order valence-corrected chi connectivity index (χ2v) is 7.79. The van der Waals surface area contributed by atoms with Crippen LogP contribution in [-0.2, 0) is 15.0 Å². The quantitative estimate of drug-likeness (QED) is 0.774. The minimum Gasteiger partial charge on any atom is -0.480 e. The molecule has 0 amide bonds. The van der Waals surface area contributed by atoms with E-state index in [1.165, 1.54) is 4.31 Å². The Morgan fingerprint density at radius 1 is 1.35 bits per heavy atom. The van der Waals surface area contributed by atoms with Crippen molar-refractivity contribution in [2.24, 2.45) is 17.8 Å².